The first-order valence-electron chi connectivity index (χ1n) is 16.6. The fourth-order valence-electron chi connectivity index (χ4n) is 6.32. The molecular weight excluding hydrogens is 643 g/mol. The van der Waals surface area contributed by atoms with Crippen LogP contribution in [0.3, 0.4) is 0 Å². The van der Waals surface area contributed by atoms with Crippen molar-refractivity contribution < 1.29 is 22.7 Å². The first-order valence-corrected chi connectivity index (χ1v) is 18.1. The van der Waals surface area contributed by atoms with Crippen LogP contribution in [-0.4, -0.2) is 78.1 Å². The Kier molecular flexibility index (Phi) is 10.1. The molecule has 2 aliphatic rings. The molecule has 49 heavy (non-hydrogen) atoms. The van der Waals surface area contributed by atoms with Crippen molar-refractivity contribution in [1.29, 1.82) is 0 Å². The second-order valence-electron chi connectivity index (χ2n) is 13.1. The van der Waals surface area contributed by atoms with Crippen molar-refractivity contribution in [3.8, 4) is 17.1 Å². The number of hydrogen-bond donors (Lipinski definition) is 1. The molecule has 4 heterocycles. The summed E-state index contributed by atoms with van der Waals surface area (Å²) in [6.07, 6.45) is 4.17. The van der Waals surface area contributed by atoms with Crippen LogP contribution in [0.2, 0.25) is 0 Å². The summed E-state index contributed by atoms with van der Waals surface area (Å²) < 4.78 is 41.7. The van der Waals surface area contributed by atoms with Gasteiger partial charge in [0, 0.05) is 37.0 Å². The minimum Gasteiger partial charge on any atom is -0.475 e. The van der Waals surface area contributed by atoms with Gasteiger partial charge in [0.2, 0.25) is 11.8 Å². The SMILES string of the molecule is COC[C@@H]1CCN1c1ccnc(CN2C(=O)c3cccc(c3)S(=O)(=O)Nc3nc(cc(-c4c(C)cccc4C)n3)OC[C@H]2CCC(C)C)n1. The van der Waals surface area contributed by atoms with E-state index in [4.69, 9.17) is 14.5 Å². The van der Waals surface area contributed by atoms with Crippen LogP contribution in [0.15, 0.2) is 65.7 Å². The van der Waals surface area contributed by atoms with Crippen molar-refractivity contribution in [2.75, 3.05) is 36.5 Å². The number of amides is 1. The van der Waals surface area contributed by atoms with E-state index in [1.807, 2.05) is 38.1 Å². The molecule has 0 spiro atoms. The predicted octanol–water partition coefficient (Wildman–Crippen LogP) is 5.42. The molecule has 1 amide bonds. The zero-order valence-electron chi connectivity index (χ0n) is 28.6. The Morgan fingerprint density at radius 3 is 2.51 bits per heavy atom. The van der Waals surface area contributed by atoms with E-state index in [2.05, 4.69) is 38.4 Å². The molecule has 258 valence electrons. The summed E-state index contributed by atoms with van der Waals surface area (Å²) in [5.41, 5.74) is 3.56. The van der Waals surface area contributed by atoms with Crippen molar-refractivity contribution in [1.82, 2.24) is 24.8 Å². The van der Waals surface area contributed by atoms with Crippen LogP contribution in [0, 0.1) is 19.8 Å². The smallest absolute Gasteiger partial charge is 0.264 e. The highest BCUT2D eigenvalue weighted by molar-refractivity contribution is 7.92. The maximum atomic E-state index is 14.5. The number of aryl methyl sites for hydroxylation is 2. The number of rotatable bonds is 9. The molecule has 4 bridgehead atoms. The third-order valence-corrected chi connectivity index (χ3v) is 10.4. The summed E-state index contributed by atoms with van der Waals surface area (Å²) in [6, 6.07) is 15.3. The van der Waals surface area contributed by atoms with Gasteiger partial charge in [-0.3, -0.25) is 4.79 Å². The van der Waals surface area contributed by atoms with E-state index in [1.165, 1.54) is 12.1 Å². The summed E-state index contributed by atoms with van der Waals surface area (Å²) in [7, 11) is -2.49. The van der Waals surface area contributed by atoms with Crippen LogP contribution < -0.4 is 14.4 Å². The number of nitrogens with one attached hydrogen (secondary N) is 1. The number of carbonyl (C=O) groups is 1. The molecule has 2 aromatic carbocycles. The van der Waals surface area contributed by atoms with Gasteiger partial charge >= 0.3 is 0 Å². The fourth-order valence-corrected chi connectivity index (χ4v) is 7.31. The van der Waals surface area contributed by atoms with E-state index in [-0.39, 0.29) is 47.4 Å². The van der Waals surface area contributed by atoms with E-state index < -0.39 is 16.1 Å². The van der Waals surface area contributed by atoms with E-state index >= 15 is 0 Å². The van der Waals surface area contributed by atoms with Gasteiger partial charge in [-0.2, -0.15) is 4.98 Å². The number of aromatic nitrogens is 4. The van der Waals surface area contributed by atoms with Gasteiger partial charge in [0.1, 0.15) is 18.2 Å². The topological polar surface area (TPSA) is 140 Å². The van der Waals surface area contributed by atoms with Gasteiger partial charge in [-0.1, -0.05) is 38.1 Å². The number of nitrogens with zero attached hydrogens (tertiary/aromatic N) is 6. The van der Waals surface area contributed by atoms with Crippen molar-refractivity contribution in [3.63, 3.8) is 0 Å². The molecule has 1 fully saturated rings. The van der Waals surface area contributed by atoms with Gasteiger partial charge in [-0.25, -0.2) is 28.1 Å². The van der Waals surface area contributed by atoms with Crippen LogP contribution in [0.5, 0.6) is 5.88 Å². The van der Waals surface area contributed by atoms with Crippen LogP contribution in [-0.2, 0) is 21.3 Å². The first kappa shape index (κ1) is 34.3. The quantitative estimate of drug-likeness (QED) is 0.243. The Hall–Kier alpha value is -4.62. The summed E-state index contributed by atoms with van der Waals surface area (Å²) >= 11 is 0. The molecule has 2 atom stereocenters. The van der Waals surface area contributed by atoms with Crippen molar-refractivity contribution >= 4 is 27.7 Å². The molecule has 12 nitrogen and oxygen atoms in total. The van der Waals surface area contributed by atoms with Crippen molar-refractivity contribution in [3.05, 3.63) is 83.3 Å². The van der Waals surface area contributed by atoms with Crippen molar-refractivity contribution in [2.45, 2.75) is 70.5 Å². The van der Waals surface area contributed by atoms with E-state index in [0.29, 0.717) is 30.5 Å². The highest BCUT2D eigenvalue weighted by Gasteiger charge is 2.32. The summed E-state index contributed by atoms with van der Waals surface area (Å²) in [6.45, 7) is 9.89. The van der Waals surface area contributed by atoms with E-state index in [1.54, 1.807) is 36.4 Å². The Balaban J connectivity index is 1.43. The van der Waals surface area contributed by atoms with Gasteiger partial charge in [0.05, 0.1) is 35.8 Å². The fraction of sp³-hybridized carbons (Fsp3) is 0.417. The molecule has 2 aliphatic heterocycles. The average Bonchev–Trinajstić information content (AvgIpc) is 3.05. The largest absolute Gasteiger partial charge is 0.475 e. The lowest BCUT2D eigenvalue weighted by Gasteiger charge is -2.41. The lowest BCUT2D eigenvalue weighted by Crippen LogP contribution is -2.51. The standard InChI is InChI=1S/C36H43N7O5S/c1-23(2)12-13-27-22-48-33-19-30(34-24(3)8-6-9-25(34)4)38-36(40-33)41-49(45,46)29-11-7-10-26(18-29)35(44)43(27)20-31-37-16-14-32(39-31)42-17-15-28(42)21-47-5/h6-11,14,16,18-19,23,27-28H,12-13,15,17,20-22H2,1-5H3,(H,38,40,41)/t27-,28+/m1/s1. The lowest BCUT2D eigenvalue weighted by atomic mass is 10.00. The summed E-state index contributed by atoms with van der Waals surface area (Å²) in [4.78, 5) is 36.8. The van der Waals surface area contributed by atoms with Crippen LogP contribution in [0.1, 0.15) is 60.4 Å². The van der Waals surface area contributed by atoms with Gasteiger partial charge in [-0.15, -0.1) is 0 Å². The first-order chi connectivity index (χ1) is 23.5. The molecule has 1 saturated heterocycles. The number of methoxy groups -OCH3 is 1. The number of anilines is 2. The maximum absolute atomic E-state index is 14.5. The normalized spacial score (nSPS) is 18.9. The zero-order chi connectivity index (χ0) is 34.7. The Labute approximate surface area is 288 Å². The van der Waals surface area contributed by atoms with E-state index in [9.17, 15) is 13.2 Å². The number of carbonyl (C=O) groups excluding carboxylic acids is 1. The molecule has 1 N–H and O–H groups in total. The number of ether oxygens (including phenoxy) is 2. The number of hydrogen-bond acceptors (Lipinski definition) is 10. The number of fused-ring (bicyclic) bond motifs is 4. The van der Waals surface area contributed by atoms with Crippen molar-refractivity contribution in [2.24, 2.45) is 5.92 Å². The minimum atomic E-state index is -4.18. The monoisotopic (exact) mass is 685 g/mol. The van der Waals surface area contributed by atoms with Crippen LogP contribution >= 0.6 is 0 Å². The summed E-state index contributed by atoms with van der Waals surface area (Å²) in [5.74, 6) is 1.34. The molecular formula is C36H43N7O5S. The maximum Gasteiger partial charge on any atom is 0.264 e. The highest BCUT2D eigenvalue weighted by Crippen LogP contribution is 2.31. The minimum absolute atomic E-state index is 0.0833. The van der Waals surface area contributed by atoms with Gasteiger partial charge < -0.3 is 19.3 Å². The Morgan fingerprint density at radius 2 is 1.80 bits per heavy atom. The van der Waals surface area contributed by atoms with Gasteiger partial charge in [-0.05, 0) is 74.4 Å². The molecule has 0 radical (unpaired) electrons. The van der Waals surface area contributed by atoms with E-state index in [0.717, 1.165) is 41.9 Å². The second-order valence-corrected chi connectivity index (χ2v) is 14.8. The predicted molar refractivity (Wildman–Crippen MR) is 187 cm³/mol. The third-order valence-electron chi connectivity index (χ3n) is 9.06. The van der Waals surface area contributed by atoms with Crippen LogP contribution in [0.4, 0.5) is 11.8 Å². The highest BCUT2D eigenvalue weighted by atomic mass is 32.2. The average molecular weight is 686 g/mol. The summed E-state index contributed by atoms with van der Waals surface area (Å²) in [5, 5.41) is 0. The third kappa shape index (κ3) is 7.67. The Bertz CT molecular complexity index is 1920. The van der Waals surface area contributed by atoms with Gasteiger partial charge in [0.25, 0.3) is 15.9 Å². The number of benzene rings is 2. The molecule has 0 saturated carbocycles. The molecule has 2 aromatic heterocycles. The molecule has 6 rings (SSSR count). The molecule has 0 aliphatic carbocycles. The molecule has 13 heteroatoms. The zero-order valence-corrected chi connectivity index (χ0v) is 29.4. The number of sulfonamides is 1. The van der Waals surface area contributed by atoms with Crippen LogP contribution in [0.25, 0.3) is 11.3 Å². The lowest BCUT2D eigenvalue weighted by molar-refractivity contribution is 0.0557. The Morgan fingerprint density at radius 1 is 1.02 bits per heavy atom. The second kappa shape index (κ2) is 14.5. The molecule has 4 aromatic rings. The van der Waals surface area contributed by atoms with Gasteiger partial charge in [0.15, 0.2) is 0 Å². The molecule has 0 unspecified atom stereocenters.